The maximum absolute atomic E-state index is 12.0. The molecule has 3 N–H and O–H groups in total. The van der Waals surface area contributed by atoms with Gasteiger partial charge < -0.3 is 11.1 Å². The summed E-state index contributed by atoms with van der Waals surface area (Å²) < 4.78 is 0. The highest BCUT2D eigenvalue weighted by molar-refractivity contribution is 6.34. The highest BCUT2D eigenvalue weighted by Crippen LogP contribution is 2.24. The summed E-state index contributed by atoms with van der Waals surface area (Å²) in [6, 6.07) is 12.3. The van der Waals surface area contributed by atoms with Gasteiger partial charge in [0.25, 0.3) is 5.91 Å². The summed E-state index contributed by atoms with van der Waals surface area (Å²) in [6.07, 6.45) is 0. The standard InChI is InChI=1S/C14H13ClN2O/c1-9-3-2-4-10(7-9)14(18)17-13-8-11(16)5-6-12(13)15/h2-8H,16H2,1H3,(H,17,18). The Bertz CT molecular complexity index is 596. The SMILES string of the molecule is Cc1cccc(C(=O)Nc2cc(N)ccc2Cl)c1. The minimum atomic E-state index is -0.203. The van der Waals surface area contributed by atoms with E-state index in [0.29, 0.717) is 22.0 Å². The second-order valence-corrected chi connectivity index (χ2v) is 4.47. The van der Waals surface area contributed by atoms with E-state index in [-0.39, 0.29) is 5.91 Å². The molecule has 0 spiro atoms. The summed E-state index contributed by atoms with van der Waals surface area (Å²) in [5.41, 5.74) is 8.35. The number of aryl methyl sites for hydroxylation is 1. The van der Waals surface area contributed by atoms with Gasteiger partial charge in [-0.3, -0.25) is 4.79 Å². The molecule has 0 atom stereocenters. The molecular formula is C14H13ClN2O. The molecule has 1 amide bonds. The average Bonchev–Trinajstić information content (AvgIpc) is 2.34. The highest BCUT2D eigenvalue weighted by Gasteiger charge is 2.08. The summed E-state index contributed by atoms with van der Waals surface area (Å²) in [7, 11) is 0. The average molecular weight is 261 g/mol. The molecule has 2 rings (SSSR count). The molecule has 0 aliphatic heterocycles. The molecular weight excluding hydrogens is 248 g/mol. The van der Waals surface area contributed by atoms with Crippen LogP contribution in [0.5, 0.6) is 0 Å². The normalized spacial score (nSPS) is 10.1. The molecule has 0 radical (unpaired) electrons. The number of nitrogens with two attached hydrogens (primary N) is 1. The number of carbonyl (C=O) groups excluding carboxylic acids is 1. The van der Waals surface area contributed by atoms with Crippen LogP contribution in [0.25, 0.3) is 0 Å². The Morgan fingerprint density at radius 3 is 2.72 bits per heavy atom. The number of halogens is 1. The zero-order chi connectivity index (χ0) is 13.1. The van der Waals surface area contributed by atoms with E-state index >= 15 is 0 Å². The Labute approximate surface area is 111 Å². The van der Waals surface area contributed by atoms with Gasteiger partial charge in [-0.15, -0.1) is 0 Å². The van der Waals surface area contributed by atoms with Crippen molar-refractivity contribution in [1.82, 2.24) is 0 Å². The van der Waals surface area contributed by atoms with Gasteiger partial charge >= 0.3 is 0 Å². The predicted octanol–water partition coefficient (Wildman–Crippen LogP) is 3.48. The second-order valence-electron chi connectivity index (χ2n) is 4.06. The lowest BCUT2D eigenvalue weighted by Gasteiger charge is -2.08. The van der Waals surface area contributed by atoms with Crippen LogP contribution >= 0.6 is 11.6 Å². The quantitative estimate of drug-likeness (QED) is 0.812. The molecule has 0 saturated carbocycles. The van der Waals surface area contributed by atoms with Gasteiger partial charge in [0.1, 0.15) is 0 Å². The fourth-order valence-electron chi connectivity index (χ4n) is 1.62. The van der Waals surface area contributed by atoms with E-state index in [0.717, 1.165) is 5.56 Å². The lowest BCUT2D eigenvalue weighted by atomic mass is 10.1. The summed E-state index contributed by atoms with van der Waals surface area (Å²) in [4.78, 5) is 12.0. The van der Waals surface area contributed by atoms with Crippen molar-refractivity contribution in [2.24, 2.45) is 0 Å². The van der Waals surface area contributed by atoms with Gasteiger partial charge in [-0.2, -0.15) is 0 Å². The Kier molecular flexibility index (Phi) is 3.53. The molecule has 0 fully saturated rings. The van der Waals surface area contributed by atoms with Gasteiger partial charge in [-0.05, 0) is 37.3 Å². The van der Waals surface area contributed by atoms with Gasteiger partial charge in [0.2, 0.25) is 0 Å². The maximum Gasteiger partial charge on any atom is 0.255 e. The van der Waals surface area contributed by atoms with Crippen molar-refractivity contribution in [3.63, 3.8) is 0 Å². The van der Waals surface area contributed by atoms with Crippen LogP contribution in [-0.2, 0) is 0 Å². The minimum Gasteiger partial charge on any atom is -0.399 e. The number of hydrogen-bond acceptors (Lipinski definition) is 2. The third kappa shape index (κ3) is 2.81. The number of carbonyl (C=O) groups is 1. The van der Waals surface area contributed by atoms with E-state index < -0.39 is 0 Å². The second kappa shape index (κ2) is 5.10. The monoisotopic (exact) mass is 260 g/mol. The van der Waals surface area contributed by atoms with E-state index in [4.69, 9.17) is 17.3 Å². The van der Waals surface area contributed by atoms with Crippen LogP contribution in [0, 0.1) is 6.92 Å². The fraction of sp³-hybridized carbons (Fsp3) is 0.0714. The molecule has 18 heavy (non-hydrogen) atoms. The van der Waals surface area contributed by atoms with Crippen molar-refractivity contribution < 1.29 is 4.79 Å². The van der Waals surface area contributed by atoms with Gasteiger partial charge in [0.05, 0.1) is 10.7 Å². The molecule has 0 unspecified atom stereocenters. The number of benzene rings is 2. The Morgan fingerprint density at radius 1 is 1.22 bits per heavy atom. The first-order valence-corrected chi connectivity index (χ1v) is 5.87. The smallest absolute Gasteiger partial charge is 0.255 e. The van der Waals surface area contributed by atoms with Crippen molar-refractivity contribution in [1.29, 1.82) is 0 Å². The van der Waals surface area contributed by atoms with Crippen LogP contribution in [-0.4, -0.2) is 5.91 Å². The number of nitrogens with one attached hydrogen (secondary N) is 1. The Balaban J connectivity index is 2.24. The predicted molar refractivity (Wildman–Crippen MR) is 75.0 cm³/mol. The van der Waals surface area contributed by atoms with E-state index in [1.807, 2.05) is 25.1 Å². The summed E-state index contributed by atoms with van der Waals surface area (Å²) >= 11 is 5.99. The molecule has 0 heterocycles. The van der Waals surface area contributed by atoms with E-state index in [9.17, 15) is 4.79 Å². The van der Waals surface area contributed by atoms with Gasteiger partial charge in [-0.25, -0.2) is 0 Å². The molecule has 2 aromatic rings. The van der Waals surface area contributed by atoms with Gasteiger partial charge in [0, 0.05) is 11.3 Å². The number of amides is 1. The van der Waals surface area contributed by atoms with Crippen molar-refractivity contribution >= 4 is 28.9 Å². The maximum atomic E-state index is 12.0. The summed E-state index contributed by atoms with van der Waals surface area (Å²) in [6.45, 7) is 1.93. The number of anilines is 2. The zero-order valence-corrected chi connectivity index (χ0v) is 10.7. The number of hydrogen-bond donors (Lipinski definition) is 2. The summed E-state index contributed by atoms with van der Waals surface area (Å²) in [5, 5.41) is 3.21. The van der Waals surface area contributed by atoms with E-state index in [2.05, 4.69) is 5.32 Å². The minimum absolute atomic E-state index is 0.203. The molecule has 92 valence electrons. The molecule has 0 aliphatic carbocycles. The first-order valence-electron chi connectivity index (χ1n) is 5.49. The molecule has 0 aromatic heterocycles. The third-order valence-electron chi connectivity index (χ3n) is 2.52. The van der Waals surface area contributed by atoms with Crippen LogP contribution in [0.2, 0.25) is 5.02 Å². The molecule has 0 bridgehead atoms. The third-order valence-corrected chi connectivity index (χ3v) is 2.85. The molecule has 3 nitrogen and oxygen atoms in total. The van der Waals surface area contributed by atoms with Crippen LogP contribution in [0.1, 0.15) is 15.9 Å². The van der Waals surface area contributed by atoms with Crippen molar-refractivity contribution in [3.05, 3.63) is 58.6 Å². The van der Waals surface area contributed by atoms with Crippen LogP contribution in [0.3, 0.4) is 0 Å². The summed E-state index contributed by atoms with van der Waals surface area (Å²) in [5.74, 6) is -0.203. The number of rotatable bonds is 2. The van der Waals surface area contributed by atoms with E-state index in [1.165, 1.54) is 0 Å². The highest BCUT2D eigenvalue weighted by atomic mass is 35.5. The molecule has 2 aromatic carbocycles. The zero-order valence-electron chi connectivity index (χ0n) is 9.91. The Hall–Kier alpha value is -2.00. The molecule has 0 saturated heterocycles. The van der Waals surface area contributed by atoms with Gasteiger partial charge in [0.15, 0.2) is 0 Å². The van der Waals surface area contributed by atoms with Crippen LogP contribution < -0.4 is 11.1 Å². The van der Waals surface area contributed by atoms with Gasteiger partial charge in [-0.1, -0.05) is 29.3 Å². The van der Waals surface area contributed by atoms with Crippen molar-refractivity contribution in [3.8, 4) is 0 Å². The number of nitrogen functional groups attached to an aromatic ring is 1. The topological polar surface area (TPSA) is 55.1 Å². The lowest BCUT2D eigenvalue weighted by Crippen LogP contribution is -2.12. The lowest BCUT2D eigenvalue weighted by molar-refractivity contribution is 0.102. The van der Waals surface area contributed by atoms with Crippen molar-refractivity contribution in [2.75, 3.05) is 11.1 Å². The fourth-order valence-corrected chi connectivity index (χ4v) is 1.78. The first-order chi connectivity index (χ1) is 8.56. The van der Waals surface area contributed by atoms with E-state index in [1.54, 1.807) is 24.3 Å². The van der Waals surface area contributed by atoms with Crippen LogP contribution in [0.15, 0.2) is 42.5 Å². The molecule has 0 aliphatic rings. The van der Waals surface area contributed by atoms with Crippen LogP contribution in [0.4, 0.5) is 11.4 Å². The largest absolute Gasteiger partial charge is 0.399 e. The Morgan fingerprint density at radius 2 is 2.00 bits per heavy atom. The van der Waals surface area contributed by atoms with Crippen molar-refractivity contribution in [2.45, 2.75) is 6.92 Å². The first kappa shape index (κ1) is 12.5. The molecule has 4 heteroatoms.